The van der Waals surface area contributed by atoms with E-state index in [1.54, 1.807) is 11.3 Å². The second-order valence-electron chi connectivity index (χ2n) is 1.92. The molecule has 10 heavy (non-hydrogen) atoms. The largest absolute Gasteiger partial charge is 0.323 e. The molecule has 0 radical (unpaired) electrons. The molecule has 4 heteroatoms. The van der Waals surface area contributed by atoms with Crippen molar-refractivity contribution in [1.29, 1.82) is 0 Å². The summed E-state index contributed by atoms with van der Waals surface area (Å²) in [7, 11) is 0. The maximum absolute atomic E-state index is 5.64. The Morgan fingerprint density at radius 2 is 2.30 bits per heavy atom. The number of thiophene rings is 1. The first-order valence-corrected chi connectivity index (χ1v) is 4.37. The highest BCUT2D eigenvalue weighted by molar-refractivity contribution is 9.10. The summed E-state index contributed by atoms with van der Waals surface area (Å²) >= 11 is 5.08. The van der Waals surface area contributed by atoms with Crippen molar-refractivity contribution in [3.63, 3.8) is 0 Å². The minimum absolute atomic E-state index is 0. The molecule has 1 aromatic heterocycles. The number of hydrogen-bond acceptors (Lipinski definition) is 2. The quantitative estimate of drug-likeness (QED) is 0.805. The Bertz CT molecular complexity index is 199. The van der Waals surface area contributed by atoms with Crippen molar-refractivity contribution in [2.75, 3.05) is 0 Å². The third-order valence-electron chi connectivity index (χ3n) is 1.06. The van der Waals surface area contributed by atoms with Gasteiger partial charge in [0, 0.05) is 15.4 Å². The Labute approximate surface area is 79.2 Å². The molecule has 0 bridgehead atoms. The van der Waals surface area contributed by atoms with Gasteiger partial charge in [-0.1, -0.05) is 0 Å². The average molecular weight is 243 g/mol. The van der Waals surface area contributed by atoms with Crippen molar-refractivity contribution in [3.05, 3.63) is 20.8 Å². The molecule has 58 valence electrons. The summed E-state index contributed by atoms with van der Waals surface area (Å²) in [4.78, 5) is 1.22. The average Bonchev–Trinajstić information content (AvgIpc) is 2.13. The van der Waals surface area contributed by atoms with Crippen LogP contribution in [0.4, 0.5) is 0 Å². The maximum Gasteiger partial charge on any atom is 0.0372 e. The Balaban J connectivity index is 0.000000810. The van der Waals surface area contributed by atoms with E-state index in [4.69, 9.17) is 5.73 Å². The molecule has 1 atom stereocenters. The molecule has 0 aliphatic carbocycles. The van der Waals surface area contributed by atoms with Gasteiger partial charge in [-0.2, -0.15) is 0 Å². The molecular weight excluding hydrogens is 233 g/mol. The molecule has 0 aliphatic rings. The summed E-state index contributed by atoms with van der Waals surface area (Å²) < 4.78 is 1.13. The maximum atomic E-state index is 5.64. The lowest BCUT2D eigenvalue weighted by Gasteiger charge is -1.99. The Hall–Kier alpha value is 0.430. The van der Waals surface area contributed by atoms with Crippen molar-refractivity contribution >= 4 is 39.7 Å². The molecule has 0 amide bonds. The van der Waals surface area contributed by atoms with Crippen molar-refractivity contribution in [3.8, 4) is 0 Å². The zero-order valence-corrected chi connectivity index (χ0v) is 8.72. The van der Waals surface area contributed by atoms with Gasteiger partial charge < -0.3 is 5.73 Å². The lowest BCUT2D eigenvalue weighted by atomic mass is 10.3. The van der Waals surface area contributed by atoms with Gasteiger partial charge in [0.25, 0.3) is 0 Å². The van der Waals surface area contributed by atoms with Gasteiger partial charge in [-0.25, -0.2) is 0 Å². The van der Waals surface area contributed by atoms with Crippen LogP contribution in [0.15, 0.2) is 15.9 Å². The zero-order chi connectivity index (χ0) is 6.85. The highest BCUT2D eigenvalue weighted by Crippen LogP contribution is 2.26. The molecule has 1 nitrogen and oxygen atoms in total. The van der Waals surface area contributed by atoms with E-state index in [0.29, 0.717) is 0 Å². The molecule has 0 aliphatic heterocycles. The molecule has 0 fully saturated rings. The summed E-state index contributed by atoms with van der Waals surface area (Å²) in [6, 6.07) is 2.17. The van der Waals surface area contributed by atoms with Crippen LogP contribution >= 0.6 is 39.7 Å². The van der Waals surface area contributed by atoms with Crippen LogP contribution in [0, 0.1) is 0 Å². The second-order valence-corrected chi connectivity index (χ2v) is 3.72. The smallest absolute Gasteiger partial charge is 0.0372 e. The predicted octanol–water partition coefficient (Wildman–Crippen LogP) is 2.95. The fourth-order valence-electron chi connectivity index (χ4n) is 0.630. The fraction of sp³-hybridized carbons (Fsp3) is 0.333. The highest BCUT2D eigenvalue weighted by atomic mass is 79.9. The van der Waals surface area contributed by atoms with Gasteiger partial charge in [0.1, 0.15) is 0 Å². The molecule has 0 spiro atoms. The zero-order valence-electron chi connectivity index (χ0n) is 5.50. The van der Waals surface area contributed by atoms with E-state index < -0.39 is 0 Å². The minimum Gasteiger partial charge on any atom is -0.323 e. The SMILES string of the molecule is C[C@H](N)c1sccc1Br.Cl. The van der Waals surface area contributed by atoms with Crippen LogP contribution in [-0.4, -0.2) is 0 Å². The van der Waals surface area contributed by atoms with Gasteiger partial charge in [0.05, 0.1) is 0 Å². The van der Waals surface area contributed by atoms with Gasteiger partial charge in [0.2, 0.25) is 0 Å². The number of rotatable bonds is 1. The van der Waals surface area contributed by atoms with Crippen LogP contribution in [0.1, 0.15) is 17.8 Å². The van der Waals surface area contributed by atoms with Crippen LogP contribution < -0.4 is 5.73 Å². The molecule has 1 heterocycles. The van der Waals surface area contributed by atoms with E-state index in [9.17, 15) is 0 Å². The molecule has 0 unspecified atom stereocenters. The van der Waals surface area contributed by atoms with E-state index in [0.717, 1.165) is 4.47 Å². The standard InChI is InChI=1S/C6H8BrNS.ClH/c1-4(8)6-5(7)2-3-9-6;/h2-4H,8H2,1H3;1H/t4-;/m0./s1. The van der Waals surface area contributed by atoms with Crippen LogP contribution in [0.2, 0.25) is 0 Å². The van der Waals surface area contributed by atoms with E-state index in [1.807, 2.05) is 18.4 Å². The summed E-state index contributed by atoms with van der Waals surface area (Å²) in [5.41, 5.74) is 5.64. The lowest BCUT2D eigenvalue weighted by Crippen LogP contribution is -2.02. The lowest BCUT2D eigenvalue weighted by molar-refractivity contribution is 0.834. The topological polar surface area (TPSA) is 26.0 Å². The molecule has 1 rings (SSSR count). The third kappa shape index (κ3) is 2.23. The van der Waals surface area contributed by atoms with Crippen LogP contribution in [0.5, 0.6) is 0 Å². The summed E-state index contributed by atoms with van der Waals surface area (Å²) in [5, 5.41) is 2.03. The van der Waals surface area contributed by atoms with E-state index >= 15 is 0 Å². The monoisotopic (exact) mass is 241 g/mol. The van der Waals surface area contributed by atoms with Gasteiger partial charge in [0.15, 0.2) is 0 Å². The van der Waals surface area contributed by atoms with Crippen LogP contribution in [0.25, 0.3) is 0 Å². The van der Waals surface area contributed by atoms with Crippen LogP contribution in [0.3, 0.4) is 0 Å². The van der Waals surface area contributed by atoms with E-state index in [1.165, 1.54) is 4.88 Å². The number of halogens is 2. The van der Waals surface area contributed by atoms with Gasteiger partial charge >= 0.3 is 0 Å². The normalized spacial score (nSPS) is 12.3. The first-order valence-electron chi connectivity index (χ1n) is 2.70. The number of nitrogens with two attached hydrogens (primary N) is 1. The molecular formula is C6H9BrClNS. The molecule has 0 saturated carbocycles. The van der Waals surface area contributed by atoms with E-state index in [2.05, 4.69) is 15.9 Å². The second kappa shape index (κ2) is 4.34. The van der Waals surface area contributed by atoms with Crippen molar-refractivity contribution in [2.24, 2.45) is 5.73 Å². The van der Waals surface area contributed by atoms with Gasteiger partial charge in [-0.15, -0.1) is 23.7 Å². The minimum atomic E-state index is 0. The molecule has 0 saturated heterocycles. The molecule has 1 aromatic rings. The van der Waals surface area contributed by atoms with Crippen molar-refractivity contribution in [2.45, 2.75) is 13.0 Å². The Morgan fingerprint density at radius 3 is 2.50 bits per heavy atom. The van der Waals surface area contributed by atoms with Gasteiger partial charge in [-0.3, -0.25) is 0 Å². The van der Waals surface area contributed by atoms with E-state index in [-0.39, 0.29) is 18.4 Å². The summed E-state index contributed by atoms with van der Waals surface area (Å²) in [6.45, 7) is 1.98. The van der Waals surface area contributed by atoms with Crippen molar-refractivity contribution < 1.29 is 0 Å². The Morgan fingerprint density at radius 1 is 1.70 bits per heavy atom. The third-order valence-corrected chi connectivity index (χ3v) is 3.13. The summed E-state index contributed by atoms with van der Waals surface area (Å²) in [5.74, 6) is 0. The number of hydrogen-bond donors (Lipinski definition) is 1. The highest BCUT2D eigenvalue weighted by Gasteiger charge is 2.03. The summed E-state index contributed by atoms with van der Waals surface area (Å²) in [6.07, 6.45) is 0. The van der Waals surface area contributed by atoms with Gasteiger partial charge in [-0.05, 0) is 34.3 Å². The van der Waals surface area contributed by atoms with Crippen LogP contribution in [-0.2, 0) is 0 Å². The van der Waals surface area contributed by atoms with Crippen molar-refractivity contribution in [1.82, 2.24) is 0 Å². The predicted molar refractivity (Wildman–Crippen MR) is 51.9 cm³/mol. The molecule has 0 aromatic carbocycles. The Kier molecular flexibility index (Phi) is 4.52. The molecule has 2 N–H and O–H groups in total. The first kappa shape index (κ1) is 10.4. The first-order chi connectivity index (χ1) is 4.22. The fourth-order valence-corrected chi connectivity index (χ4v) is 2.32.